The summed E-state index contributed by atoms with van der Waals surface area (Å²) in [6.07, 6.45) is 2.69. The van der Waals surface area contributed by atoms with Gasteiger partial charge >= 0.3 is 0 Å². The Kier molecular flexibility index (Phi) is 4.32. The van der Waals surface area contributed by atoms with E-state index in [9.17, 15) is 9.59 Å². The van der Waals surface area contributed by atoms with E-state index >= 15 is 0 Å². The Labute approximate surface area is 175 Å². The number of hydrogen-bond acceptors (Lipinski definition) is 6. The van der Waals surface area contributed by atoms with E-state index in [2.05, 4.69) is 20.4 Å². The lowest BCUT2D eigenvalue weighted by Crippen LogP contribution is -2.18. The highest BCUT2D eigenvalue weighted by atomic mass is 32.1. The second-order valence-electron chi connectivity index (χ2n) is 7.18. The SMILES string of the molecule is Cc1cc(-c2ccccc2)n2nc(C(=O)Nc3sc4c(c3C(N)=O)CCC4)nc2n1. The summed E-state index contributed by atoms with van der Waals surface area (Å²) in [7, 11) is 0. The van der Waals surface area contributed by atoms with Gasteiger partial charge in [0.25, 0.3) is 17.6 Å². The fraction of sp³-hybridized carbons (Fsp3) is 0.190. The number of hydrogen-bond donors (Lipinski definition) is 2. The molecule has 1 aromatic carbocycles. The standard InChI is InChI=1S/C21H18N6O2S/c1-11-10-14(12-6-3-2-4-7-12)27-21(23-11)24-18(26-27)19(29)25-20-16(17(22)28)13-8-5-9-15(13)30-20/h2-4,6-7,10H,5,8-9H2,1H3,(H2,22,28)(H,25,29). The summed E-state index contributed by atoms with van der Waals surface area (Å²) in [4.78, 5) is 34.7. The summed E-state index contributed by atoms with van der Waals surface area (Å²) in [6.45, 7) is 1.87. The molecule has 0 atom stereocenters. The maximum absolute atomic E-state index is 12.9. The number of nitrogens with two attached hydrogens (primary N) is 1. The molecule has 8 nitrogen and oxygen atoms in total. The highest BCUT2D eigenvalue weighted by Crippen LogP contribution is 2.39. The van der Waals surface area contributed by atoms with Gasteiger partial charge in [0.15, 0.2) is 0 Å². The van der Waals surface area contributed by atoms with Crippen LogP contribution in [-0.4, -0.2) is 31.4 Å². The topological polar surface area (TPSA) is 115 Å². The number of carbonyl (C=O) groups excluding carboxylic acids is 2. The predicted octanol–water partition coefficient (Wildman–Crippen LogP) is 3.00. The van der Waals surface area contributed by atoms with Gasteiger partial charge in [-0.1, -0.05) is 30.3 Å². The molecule has 0 aliphatic heterocycles. The number of benzene rings is 1. The lowest BCUT2D eigenvalue weighted by Gasteiger charge is -2.05. The van der Waals surface area contributed by atoms with E-state index < -0.39 is 11.8 Å². The first kappa shape index (κ1) is 18.4. The van der Waals surface area contributed by atoms with Crippen LogP contribution < -0.4 is 11.1 Å². The molecule has 3 heterocycles. The van der Waals surface area contributed by atoms with E-state index in [1.807, 2.05) is 43.3 Å². The second-order valence-corrected chi connectivity index (χ2v) is 8.28. The van der Waals surface area contributed by atoms with Crippen LogP contribution in [0.4, 0.5) is 5.00 Å². The highest BCUT2D eigenvalue weighted by Gasteiger charge is 2.27. The maximum atomic E-state index is 12.9. The van der Waals surface area contributed by atoms with E-state index in [-0.39, 0.29) is 5.82 Å². The van der Waals surface area contributed by atoms with E-state index in [4.69, 9.17) is 5.73 Å². The monoisotopic (exact) mass is 418 g/mol. The smallest absolute Gasteiger partial charge is 0.296 e. The van der Waals surface area contributed by atoms with Gasteiger partial charge in [-0.2, -0.15) is 9.50 Å². The van der Waals surface area contributed by atoms with E-state index in [1.165, 1.54) is 11.3 Å². The van der Waals surface area contributed by atoms with Crippen molar-refractivity contribution < 1.29 is 9.59 Å². The van der Waals surface area contributed by atoms with Crippen LogP contribution in [0.15, 0.2) is 36.4 Å². The molecule has 0 bridgehead atoms. The highest BCUT2D eigenvalue weighted by molar-refractivity contribution is 7.17. The molecule has 0 saturated carbocycles. The first-order valence-corrected chi connectivity index (χ1v) is 10.4. The summed E-state index contributed by atoms with van der Waals surface area (Å²) in [5, 5.41) is 7.63. The Morgan fingerprint density at radius 3 is 2.73 bits per heavy atom. The largest absolute Gasteiger partial charge is 0.365 e. The average molecular weight is 418 g/mol. The summed E-state index contributed by atoms with van der Waals surface area (Å²) in [6, 6.07) is 11.6. The van der Waals surface area contributed by atoms with Crippen LogP contribution in [0.2, 0.25) is 0 Å². The summed E-state index contributed by atoms with van der Waals surface area (Å²) < 4.78 is 1.56. The number of rotatable bonds is 4. The minimum Gasteiger partial charge on any atom is -0.365 e. The third-order valence-corrected chi connectivity index (χ3v) is 6.31. The first-order valence-electron chi connectivity index (χ1n) is 9.57. The van der Waals surface area contributed by atoms with Crippen LogP contribution in [-0.2, 0) is 12.8 Å². The lowest BCUT2D eigenvalue weighted by atomic mass is 10.1. The summed E-state index contributed by atoms with van der Waals surface area (Å²) in [5.74, 6) is -0.715. The number of carbonyl (C=O) groups is 2. The van der Waals surface area contributed by atoms with E-state index in [0.717, 1.165) is 46.7 Å². The van der Waals surface area contributed by atoms with Crippen LogP contribution >= 0.6 is 11.3 Å². The van der Waals surface area contributed by atoms with Crippen LogP contribution in [0.1, 0.15) is 43.5 Å². The van der Waals surface area contributed by atoms with E-state index in [1.54, 1.807) is 4.52 Å². The van der Waals surface area contributed by atoms with Gasteiger partial charge in [0.1, 0.15) is 5.00 Å². The number of primary amides is 1. The molecule has 2 amide bonds. The minimum absolute atomic E-state index is 0.0192. The van der Waals surface area contributed by atoms with Crippen molar-refractivity contribution >= 4 is 33.9 Å². The van der Waals surface area contributed by atoms with Crippen molar-refractivity contribution in [1.82, 2.24) is 19.6 Å². The Hall–Kier alpha value is -3.59. The Bertz CT molecular complexity index is 1310. The zero-order chi connectivity index (χ0) is 20.8. The molecule has 0 radical (unpaired) electrons. The van der Waals surface area contributed by atoms with Gasteiger partial charge < -0.3 is 11.1 Å². The molecule has 9 heteroatoms. The number of thiophene rings is 1. The molecule has 5 rings (SSSR count). The molecule has 3 N–H and O–H groups in total. The Morgan fingerprint density at radius 2 is 1.97 bits per heavy atom. The Balaban J connectivity index is 1.53. The van der Waals surface area contributed by atoms with Gasteiger partial charge in [0.2, 0.25) is 5.82 Å². The van der Waals surface area contributed by atoms with Gasteiger partial charge in [0, 0.05) is 16.1 Å². The van der Waals surface area contributed by atoms with Crippen molar-refractivity contribution in [2.24, 2.45) is 5.73 Å². The number of nitrogens with zero attached hydrogens (tertiary/aromatic N) is 4. The van der Waals surface area contributed by atoms with Crippen LogP contribution in [0.3, 0.4) is 0 Å². The number of amides is 2. The molecular weight excluding hydrogens is 400 g/mol. The van der Waals surface area contributed by atoms with Gasteiger partial charge in [-0.25, -0.2) is 4.98 Å². The zero-order valence-electron chi connectivity index (χ0n) is 16.2. The molecule has 0 spiro atoms. The van der Waals surface area contributed by atoms with Gasteiger partial charge in [0.05, 0.1) is 11.3 Å². The molecule has 0 saturated heterocycles. The number of nitrogens with one attached hydrogen (secondary N) is 1. The fourth-order valence-corrected chi connectivity index (χ4v) is 5.10. The van der Waals surface area contributed by atoms with Gasteiger partial charge in [-0.15, -0.1) is 16.4 Å². The molecule has 30 heavy (non-hydrogen) atoms. The molecule has 1 aliphatic rings. The van der Waals surface area contributed by atoms with Gasteiger partial charge in [-0.05, 0) is 37.8 Å². The normalized spacial score (nSPS) is 12.8. The van der Waals surface area contributed by atoms with Crippen molar-refractivity contribution in [1.29, 1.82) is 0 Å². The molecule has 1 aliphatic carbocycles. The van der Waals surface area contributed by atoms with Crippen molar-refractivity contribution in [2.75, 3.05) is 5.32 Å². The third-order valence-electron chi connectivity index (χ3n) is 5.11. The fourth-order valence-electron chi connectivity index (χ4n) is 3.81. The number of anilines is 1. The van der Waals surface area contributed by atoms with Crippen molar-refractivity contribution in [3.8, 4) is 11.3 Å². The predicted molar refractivity (Wildman–Crippen MR) is 114 cm³/mol. The summed E-state index contributed by atoms with van der Waals surface area (Å²) >= 11 is 1.40. The number of aromatic nitrogens is 4. The molecule has 0 fully saturated rings. The second kappa shape index (κ2) is 7.03. The third kappa shape index (κ3) is 3.03. The molecule has 4 aromatic rings. The minimum atomic E-state index is -0.531. The molecule has 150 valence electrons. The maximum Gasteiger partial charge on any atom is 0.296 e. The zero-order valence-corrected chi connectivity index (χ0v) is 17.0. The van der Waals surface area contributed by atoms with Crippen molar-refractivity contribution in [3.05, 3.63) is 63.9 Å². The number of fused-ring (bicyclic) bond motifs is 2. The Morgan fingerprint density at radius 1 is 1.17 bits per heavy atom. The lowest BCUT2D eigenvalue weighted by molar-refractivity contribution is 0.100. The molecular formula is C21H18N6O2S. The first-order chi connectivity index (χ1) is 14.5. The van der Waals surface area contributed by atoms with Crippen LogP contribution in [0.25, 0.3) is 17.0 Å². The van der Waals surface area contributed by atoms with Gasteiger partial charge in [-0.3, -0.25) is 9.59 Å². The van der Waals surface area contributed by atoms with Crippen molar-refractivity contribution in [3.63, 3.8) is 0 Å². The van der Waals surface area contributed by atoms with Crippen LogP contribution in [0.5, 0.6) is 0 Å². The van der Waals surface area contributed by atoms with Crippen molar-refractivity contribution in [2.45, 2.75) is 26.2 Å². The molecule has 0 unspecified atom stereocenters. The quantitative estimate of drug-likeness (QED) is 0.529. The summed E-state index contributed by atoms with van der Waals surface area (Å²) in [5.41, 5.74) is 9.44. The average Bonchev–Trinajstić information content (AvgIpc) is 3.41. The number of aryl methyl sites for hydroxylation is 2. The molecule has 3 aromatic heterocycles. The van der Waals surface area contributed by atoms with Crippen LogP contribution in [0, 0.1) is 6.92 Å². The van der Waals surface area contributed by atoms with E-state index in [0.29, 0.717) is 16.3 Å².